The van der Waals surface area contributed by atoms with Crippen LogP contribution in [0.2, 0.25) is 0 Å². The van der Waals surface area contributed by atoms with Crippen LogP contribution in [0.15, 0.2) is 18.2 Å². The van der Waals surface area contributed by atoms with Crippen LogP contribution in [0.4, 0.5) is 0 Å². The van der Waals surface area contributed by atoms with E-state index in [0.29, 0.717) is 6.04 Å². The van der Waals surface area contributed by atoms with Crippen LogP contribution in [0.3, 0.4) is 0 Å². The highest BCUT2D eigenvalue weighted by molar-refractivity contribution is 5.43. The predicted molar refractivity (Wildman–Crippen MR) is 90.7 cm³/mol. The highest BCUT2D eigenvalue weighted by atomic mass is 16.5. The number of nitrogens with one attached hydrogen (secondary N) is 1. The van der Waals surface area contributed by atoms with E-state index in [0.717, 1.165) is 31.1 Å². The molecule has 1 aliphatic heterocycles. The Labute approximate surface area is 134 Å². The molecule has 0 spiro atoms. The lowest BCUT2D eigenvalue weighted by Gasteiger charge is -2.23. The number of benzene rings is 1. The van der Waals surface area contributed by atoms with Crippen molar-refractivity contribution in [2.75, 3.05) is 26.7 Å². The Morgan fingerprint density at radius 1 is 1.32 bits per heavy atom. The molecule has 1 aromatic rings. The number of hydrogen-bond donors (Lipinski definition) is 1. The highest BCUT2D eigenvalue weighted by Gasteiger charge is 2.22. The minimum atomic E-state index is 0.153. The fourth-order valence-electron chi connectivity index (χ4n) is 3.10. The summed E-state index contributed by atoms with van der Waals surface area (Å²) in [7, 11) is 1.69. The van der Waals surface area contributed by atoms with Crippen LogP contribution in [-0.4, -0.2) is 43.8 Å². The fourth-order valence-corrected chi connectivity index (χ4v) is 3.10. The van der Waals surface area contributed by atoms with Crippen molar-refractivity contribution in [2.24, 2.45) is 0 Å². The summed E-state index contributed by atoms with van der Waals surface area (Å²) in [6.07, 6.45) is 2.79. The molecule has 1 aromatic carbocycles. The first-order chi connectivity index (χ1) is 10.6. The first kappa shape index (κ1) is 17.1. The van der Waals surface area contributed by atoms with Crippen molar-refractivity contribution in [3.05, 3.63) is 23.8 Å². The molecule has 1 heterocycles. The monoisotopic (exact) mass is 306 g/mol. The van der Waals surface area contributed by atoms with E-state index >= 15 is 0 Å². The van der Waals surface area contributed by atoms with E-state index in [2.05, 4.69) is 29.3 Å². The number of likely N-dealkylation sites (N-methyl/N-ethyl adjacent to an activating group) is 1. The summed E-state index contributed by atoms with van der Waals surface area (Å²) >= 11 is 0. The van der Waals surface area contributed by atoms with Crippen LogP contribution in [0, 0.1) is 0 Å². The minimum Gasteiger partial charge on any atom is -0.493 e. The van der Waals surface area contributed by atoms with Gasteiger partial charge in [0.25, 0.3) is 0 Å². The summed E-state index contributed by atoms with van der Waals surface area (Å²) in [6.45, 7) is 10.6. The normalized spacial score (nSPS) is 18.9. The van der Waals surface area contributed by atoms with Gasteiger partial charge in [0.05, 0.1) is 13.2 Å². The first-order valence-electron chi connectivity index (χ1n) is 8.42. The summed E-state index contributed by atoms with van der Waals surface area (Å²) in [5.41, 5.74) is 1.23. The third-order valence-electron chi connectivity index (χ3n) is 4.21. The molecule has 4 nitrogen and oxygen atoms in total. The zero-order chi connectivity index (χ0) is 15.9. The van der Waals surface area contributed by atoms with Gasteiger partial charge in [-0.3, -0.25) is 4.90 Å². The van der Waals surface area contributed by atoms with E-state index in [1.54, 1.807) is 7.11 Å². The molecule has 1 saturated heterocycles. The fraction of sp³-hybridized carbons (Fsp3) is 0.667. The summed E-state index contributed by atoms with van der Waals surface area (Å²) < 4.78 is 11.2. The van der Waals surface area contributed by atoms with Crippen LogP contribution in [-0.2, 0) is 6.54 Å². The second kappa shape index (κ2) is 8.39. The van der Waals surface area contributed by atoms with Crippen molar-refractivity contribution in [3.8, 4) is 11.5 Å². The van der Waals surface area contributed by atoms with Gasteiger partial charge in [0.2, 0.25) is 0 Å². The van der Waals surface area contributed by atoms with Crippen LogP contribution in [0.1, 0.15) is 39.2 Å². The lowest BCUT2D eigenvalue weighted by Crippen LogP contribution is -2.37. The zero-order valence-corrected chi connectivity index (χ0v) is 14.4. The Hall–Kier alpha value is -1.26. The second-order valence-corrected chi connectivity index (χ2v) is 6.21. The van der Waals surface area contributed by atoms with Gasteiger partial charge in [-0.15, -0.1) is 0 Å². The number of hydrogen-bond acceptors (Lipinski definition) is 4. The molecular formula is C18H30N2O2. The molecule has 0 radical (unpaired) electrons. The minimum absolute atomic E-state index is 0.153. The van der Waals surface area contributed by atoms with Gasteiger partial charge in [-0.2, -0.15) is 0 Å². The van der Waals surface area contributed by atoms with Crippen LogP contribution in [0.25, 0.3) is 0 Å². The standard InChI is InChI=1S/C18H30N2O2/c1-5-20-10-6-7-16(20)13-19-12-15-8-9-17(22-14(2)3)18(11-15)21-4/h8-9,11,14,16,19H,5-7,10,12-13H2,1-4H3/t16-/m1/s1. The molecule has 4 heteroatoms. The number of likely N-dealkylation sites (tertiary alicyclic amines) is 1. The van der Waals surface area contributed by atoms with Gasteiger partial charge >= 0.3 is 0 Å². The number of rotatable bonds is 8. The Morgan fingerprint density at radius 2 is 2.14 bits per heavy atom. The highest BCUT2D eigenvalue weighted by Crippen LogP contribution is 2.29. The van der Waals surface area contributed by atoms with Crippen molar-refractivity contribution in [1.82, 2.24) is 10.2 Å². The first-order valence-corrected chi connectivity index (χ1v) is 8.42. The Kier molecular flexibility index (Phi) is 6.52. The van der Waals surface area contributed by atoms with E-state index < -0.39 is 0 Å². The van der Waals surface area contributed by atoms with Crippen molar-refractivity contribution in [3.63, 3.8) is 0 Å². The lowest BCUT2D eigenvalue weighted by atomic mass is 10.1. The molecule has 1 N–H and O–H groups in total. The van der Waals surface area contributed by atoms with Crippen LogP contribution >= 0.6 is 0 Å². The molecule has 1 aliphatic rings. The van der Waals surface area contributed by atoms with Gasteiger partial charge in [-0.25, -0.2) is 0 Å². The number of ether oxygens (including phenoxy) is 2. The molecular weight excluding hydrogens is 276 g/mol. The number of nitrogens with zero attached hydrogens (tertiary/aromatic N) is 1. The molecule has 0 bridgehead atoms. The molecule has 1 fully saturated rings. The summed E-state index contributed by atoms with van der Waals surface area (Å²) in [5, 5.41) is 3.58. The van der Waals surface area contributed by atoms with Crippen molar-refractivity contribution >= 4 is 0 Å². The average Bonchev–Trinajstić information content (AvgIpc) is 2.95. The van der Waals surface area contributed by atoms with Gasteiger partial charge in [0, 0.05) is 19.1 Å². The third-order valence-corrected chi connectivity index (χ3v) is 4.21. The third kappa shape index (κ3) is 4.62. The molecule has 124 valence electrons. The van der Waals surface area contributed by atoms with Gasteiger partial charge in [-0.1, -0.05) is 13.0 Å². The molecule has 0 saturated carbocycles. The molecule has 0 aliphatic carbocycles. The van der Waals surface area contributed by atoms with E-state index in [4.69, 9.17) is 9.47 Å². The SMILES string of the molecule is CCN1CCC[C@@H]1CNCc1ccc(OC(C)C)c(OC)c1. The predicted octanol–water partition coefficient (Wildman–Crippen LogP) is 3.06. The second-order valence-electron chi connectivity index (χ2n) is 6.21. The van der Waals surface area contributed by atoms with Crippen molar-refractivity contribution in [1.29, 1.82) is 0 Å². The molecule has 2 rings (SSSR count). The summed E-state index contributed by atoms with van der Waals surface area (Å²) in [4.78, 5) is 2.56. The van der Waals surface area contributed by atoms with Gasteiger partial charge in [0.15, 0.2) is 11.5 Å². The number of methoxy groups -OCH3 is 1. The van der Waals surface area contributed by atoms with Crippen molar-refractivity contribution < 1.29 is 9.47 Å². The van der Waals surface area contributed by atoms with Crippen LogP contribution in [0.5, 0.6) is 11.5 Å². The molecule has 0 aromatic heterocycles. The molecule has 0 amide bonds. The maximum absolute atomic E-state index is 5.75. The van der Waals surface area contributed by atoms with Gasteiger partial charge < -0.3 is 14.8 Å². The maximum Gasteiger partial charge on any atom is 0.161 e. The van der Waals surface area contributed by atoms with E-state index in [1.807, 2.05) is 19.9 Å². The van der Waals surface area contributed by atoms with Gasteiger partial charge in [0.1, 0.15) is 0 Å². The topological polar surface area (TPSA) is 33.7 Å². The Balaban J connectivity index is 1.87. The summed E-state index contributed by atoms with van der Waals surface area (Å²) in [5.74, 6) is 1.62. The lowest BCUT2D eigenvalue weighted by molar-refractivity contribution is 0.230. The average molecular weight is 306 g/mol. The Morgan fingerprint density at radius 3 is 2.82 bits per heavy atom. The quantitative estimate of drug-likeness (QED) is 0.800. The van der Waals surface area contributed by atoms with E-state index in [1.165, 1.54) is 24.9 Å². The smallest absolute Gasteiger partial charge is 0.161 e. The Bertz CT molecular complexity index is 462. The maximum atomic E-state index is 5.75. The molecule has 1 atom stereocenters. The van der Waals surface area contributed by atoms with E-state index in [9.17, 15) is 0 Å². The molecule has 0 unspecified atom stereocenters. The zero-order valence-electron chi connectivity index (χ0n) is 14.4. The largest absolute Gasteiger partial charge is 0.493 e. The van der Waals surface area contributed by atoms with Crippen molar-refractivity contribution in [2.45, 2.75) is 52.3 Å². The van der Waals surface area contributed by atoms with Crippen LogP contribution < -0.4 is 14.8 Å². The van der Waals surface area contributed by atoms with Gasteiger partial charge in [-0.05, 0) is 57.5 Å². The summed E-state index contributed by atoms with van der Waals surface area (Å²) in [6, 6.07) is 6.87. The molecule has 22 heavy (non-hydrogen) atoms. The van der Waals surface area contributed by atoms with E-state index in [-0.39, 0.29) is 6.10 Å².